The average molecular weight is 359 g/mol. The first kappa shape index (κ1) is 16.9. The molecule has 1 unspecified atom stereocenters. The summed E-state index contributed by atoms with van der Waals surface area (Å²) in [6, 6.07) is 13.6. The maximum atomic E-state index is 9.61. The number of benzene rings is 2. The van der Waals surface area contributed by atoms with E-state index in [0.29, 0.717) is 28.7 Å². The lowest BCUT2D eigenvalue weighted by molar-refractivity contribution is 0.393. The highest BCUT2D eigenvalue weighted by Crippen LogP contribution is 2.46. The van der Waals surface area contributed by atoms with Crippen molar-refractivity contribution in [2.75, 3.05) is 14.2 Å². The van der Waals surface area contributed by atoms with Gasteiger partial charge in [-0.1, -0.05) is 12.1 Å². The zero-order valence-corrected chi connectivity index (χ0v) is 15.2. The third-order valence-electron chi connectivity index (χ3n) is 4.74. The Morgan fingerprint density at radius 2 is 1.81 bits per heavy atom. The lowest BCUT2D eigenvalue weighted by Gasteiger charge is -2.29. The summed E-state index contributed by atoms with van der Waals surface area (Å²) in [5, 5.41) is 17.7. The van der Waals surface area contributed by atoms with E-state index in [4.69, 9.17) is 19.6 Å². The van der Waals surface area contributed by atoms with Crippen LogP contribution in [0, 0.1) is 23.7 Å². The molecular formula is C21H17N3O3. The lowest BCUT2D eigenvalue weighted by Crippen LogP contribution is -2.24. The number of nitrogens with zero attached hydrogens (tertiary/aromatic N) is 2. The van der Waals surface area contributed by atoms with Crippen molar-refractivity contribution in [3.63, 3.8) is 0 Å². The van der Waals surface area contributed by atoms with Crippen LogP contribution in [0.1, 0.15) is 22.6 Å². The standard InChI is InChI=1S/C21H17N3O3/c1-11-4-5-15-17(6-11)27-21-19(16(10-22)20(23)24-21)18(15)12-7-13(25-2)9-14(8-12)26-3/h4-9,18,23H,1-3H3. The van der Waals surface area contributed by atoms with Crippen molar-refractivity contribution in [1.82, 2.24) is 0 Å². The molecule has 2 aromatic carbocycles. The van der Waals surface area contributed by atoms with Crippen LogP contribution in [0.25, 0.3) is 0 Å². The van der Waals surface area contributed by atoms with Gasteiger partial charge < -0.3 is 14.2 Å². The van der Waals surface area contributed by atoms with E-state index in [1.54, 1.807) is 20.3 Å². The van der Waals surface area contributed by atoms with Crippen molar-refractivity contribution in [3.05, 3.63) is 64.2 Å². The maximum Gasteiger partial charge on any atom is 0.226 e. The van der Waals surface area contributed by atoms with Gasteiger partial charge in [-0.3, -0.25) is 5.41 Å². The minimum Gasteiger partial charge on any atom is -0.497 e. The molecule has 0 amide bonds. The van der Waals surface area contributed by atoms with Crippen LogP contribution in [0.3, 0.4) is 0 Å². The third kappa shape index (κ3) is 2.64. The van der Waals surface area contributed by atoms with Gasteiger partial charge in [0.25, 0.3) is 0 Å². The SMILES string of the molecule is COc1cc(OC)cc(C2C3=C(C#N)C(=N)N=C3Oc3cc(C)ccc32)c1. The summed E-state index contributed by atoms with van der Waals surface area (Å²) in [5.41, 5.74) is 3.67. The van der Waals surface area contributed by atoms with Gasteiger partial charge in [0.1, 0.15) is 28.9 Å². The lowest BCUT2D eigenvalue weighted by atomic mass is 9.80. The van der Waals surface area contributed by atoms with E-state index in [0.717, 1.165) is 16.7 Å². The predicted molar refractivity (Wildman–Crippen MR) is 101 cm³/mol. The molecule has 2 aromatic rings. The molecule has 1 N–H and O–H groups in total. The number of hydrogen-bond donors (Lipinski definition) is 1. The summed E-state index contributed by atoms with van der Waals surface area (Å²) in [5.74, 6) is 1.89. The van der Waals surface area contributed by atoms with Gasteiger partial charge in [0.2, 0.25) is 5.90 Å². The van der Waals surface area contributed by atoms with Gasteiger partial charge in [0, 0.05) is 23.1 Å². The van der Waals surface area contributed by atoms with Gasteiger partial charge in [0.15, 0.2) is 5.84 Å². The summed E-state index contributed by atoms with van der Waals surface area (Å²) in [6.07, 6.45) is 0. The van der Waals surface area contributed by atoms with Crippen LogP contribution in [0.15, 0.2) is 52.5 Å². The third-order valence-corrected chi connectivity index (χ3v) is 4.74. The molecule has 6 nitrogen and oxygen atoms in total. The minimum absolute atomic E-state index is 0.0770. The highest BCUT2D eigenvalue weighted by Gasteiger charge is 2.39. The van der Waals surface area contributed by atoms with Crippen molar-refractivity contribution in [2.45, 2.75) is 12.8 Å². The molecule has 0 spiro atoms. The molecule has 6 heteroatoms. The summed E-state index contributed by atoms with van der Waals surface area (Å²) in [7, 11) is 3.19. The Bertz CT molecular complexity index is 1050. The summed E-state index contributed by atoms with van der Waals surface area (Å²) >= 11 is 0. The van der Waals surface area contributed by atoms with Crippen LogP contribution in [0.5, 0.6) is 17.2 Å². The molecule has 0 radical (unpaired) electrons. The fourth-order valence-electron chi connectivity index (χ4n) is 3.48. The molecule has 0 saturated heterocycles. The van der Waals surface area contributed by atoms with Gasteiger partial charge >= 0.3 is 0 Å². The number of aliphatic imine (C=N–C) groups is 1. The van der Waals surface area contributed by atoms with Crippen LogP contribution >= 0.6 is 0 Å². The molecule has 0 aromatic heterocycles. The van der Waals surface area contributed by atoms with Crippen LogP contribution < -0.4 is 14.2 Å². The summed E-state index contributed by atoms with van der Waals surface area (Å²) < 4.78 is 16.8. The number of amidine groups is 1. The Morgan fingerprint density at radius 1 is 1.11 bits per heavy atom. The first-order chi connectivity index (χ1) is 13.0. The first-order valence-electron chi connectivity index (χ1n) is 8.39. The van der Waals surface area contributed by atoms with Crippen molar-refractivity contribution in [2.24, 2.45) is 4.99 Å². The number of methoxy groups -OCH3 is 2. The molecule has 2 aliphatic rings. The molecule has 2 aliphatic heterocycles. The van der Waals surface area contributed by atoms with Crippen LogP contribution in [-0.4, -0.2) is 26.0 Å². The first-order valence-corrected chi connectivity index (χ1v) is 8.39. The van der Waals surface area contributed by atoms with Gasteiger partial charge in [-0.25, -0.2) is 0 Å². The van der Waals surface area contributed by atoms with E-state index in [2.05, 4.69) is 11.1 Å². The molecule has 0 aliphatic carbocycles. The van der Waals surface area contributed by atoms with E-state index < -0.39 is 0 Å². The monoisotopic (exact) mass is 359 g/mol. The second kappa shape index (κ2) is 6.29. The van der Waals surface area contributed by atoms with Crippen LogP contribution in [0.2, 0.25) is 0 Å². The zero-order valence-electron chi connectivity index (χ0n) is 15.2. The summed E-state index contributed by atoms with van der Waals surface area (Å²) in [6.45, 7) is 1.98. The number of nitrogens with one attached hydrogen (secondary N) is 1. The Balaban J connectivity index is 2.02. The number of ether oxygens (including phenoxy) is 3. The molecule has 2 heterocycles. The molecule has 0 bridgehead atoms. The molecular weight excluding hydrogens is 342 g/mol. The molecule has 4 rings (SSSR count). The number of aryl methyl sites for hydroxylation is 1. The normalized spacial score (nSPS) is 17.5. The molecule has 27 heavy (non-hydrogen) atoms. The van der Waals surface area contributed by atoms with E-state index in [-0.39, 0.29) is 17.3 Å². The minimum atomic E-state index is -0.311. The number of fused-ring (bicyclic) bond motifs is 2. The Kier molecular flexibility index (Phi) is 3.93. The predicted octanol–water partition coefficient (Wildman–Crippen LogP) is 3.75. The Labute approximate surface area is 156 Å². The van der Waals surface area contributed by atoms with E-state index in [1.165, 1.54) is 0 Å². The summed E-state index contributed by atoms with van der Waals surface area (Å²) in [4.78, 5) is 4.17. The van der Waals surface area contributed by atoms with Gasteiger partial charge in [-0.05, 0) is 36.2 Å². The van der Waals surface area contributed by atoms with Gasteiger partial charge in [-0.15, -0.1) is 0 Å². The van der Waals surface area contributed by atoms with Crippen molar-refractivity contribution >= 4 is 11.7 Å². The second-order valence-corrected chi connectivity index (χ2v) is 6.39. The van der Waals surface area contributed by atoms with Crippen molar-refractivity contribution < 1.29 is 14.2 Å². The number of rotatable bonds is 3. The Morgan fingerprint density at radius 3 is 2.44 bits per heavy atom. The average Bonchev–Trinajstić information content (AvgIpc) is 2.99. The fourth-order valence-corrected chi connectivity index (χ4v) is 3.48. The van der Waals surface area contributed by atoms with Crippen LogP contribution in [0.4, 0.5) is 0 Å². The Hall–Kier alpha value is -3.59. The van der Waals surface area contributed by atoms with Gasteiger partial charge in [-0.2, -0.15) is 10.3 Å². The molecule has 134 valence electrons. The number of hydrogen-bond acceptors (Lipinski definition) is 5. The molecule has 0 saturated carbocycles. The highest BCUT2D eigenvalue weighted by molar-refractivity contribution is 6.21. The largest absolute Gasteiger partial charge is 0.497 e. The zero-order chi connectivity index (χ0) is 19.1. The fraction of sp³-hybridized carbons (Fsp3) is 0.190. The quantitative estimate of drug-likeness (QED) is 0.904. The smallest absolute Gasteiger partial charge is 0.226 e. The van der Waals surface area contributed by atoms with E-state index in [1.807, 2.05) is 37.3 Å². The highest BCUT2D eigenvalue weighted by atomic mass is 16.5. The van der Waals surface area contributed by atoms with Gasteiger partial charge in [0.05, 0.1) is 14.2 Å². The second-order valence-electron chi connectivity index (χ2n) is 6.39. The van der Waals surface area contributed by atoms with Crippen LogP contribution in [-0.2, 0) is 0 Å². The van der Waals surface area contributed by atoms with E-state index >= 15 is 0 Å². The molecule has 1 atom stereocenters. The van der Waals surface area contributed by atoms with E-state index in [9.17, 15) is 5.26 Å². The van der Waals surface area contributed by atoms with Crippen molar-refractivity contribution in [1.29, 1.82) is 10.7 Å². The molecule has 0 fully saturated rings. The van der Waals surface area contributed by atoms with Crippen molar-refractivity contribution in [3.8, 4) is 23.3 Å². The maximum absolute atomic E-state index is 9.61. The number of nitriles is 1. The topological polar surface area (TPSA) is 87.7 Å².